The van der Waals surface area contributed by atoms with Crippen LogP contribution in [0.2, 0.25) is 0 Å². The summed E-state index contributed by atoms with van der Waals surface area (Å²) in [5.41, 5.74) is 5.71. The number of benzene rings is 1. The largest absolute Gasteiger partial charge is 0.324 e. The first-order chi connectivity index (χ1) is 8.86. The number of nitro benzene ring substituents is 1. The van der Waals surface area contributed by atoms with Crippen molar-refractivity contribution in [2.45, 2.75) is 19.9 Å². The van der Waals surface area contributed by atoms with E-state index in [0.717, 1.165) is 6.07 Å². The third-order valence-corrected chi connectivity index (χ3v) is 2.61. The molecular formula is C12H14N4O3. The Morgan fingerprint density at radius 3 is 2.63 bits per heavy atom. The van der Waals surface area contributed by atoms with Crippen molar-refractivity contribution in [1.29, 1.82) is 5.26 Å². The molecule has 7 heteroatoms. The minimum Gasteiger partial charge on any atom is -0.324 e. The zero-order valence-electron chi connectivity index (χ0n) is 10.6. The van der Waals surface area contributed by atoms with Crippen molar-refractivity contribution in [1.82, 2.24) is 0 Å². The van der Waals surface area contributed by atoms with E-state index >= 15 is 0 Å². The predicted octanol–water partition coefficient (Wildman–Crippen LogP) is 1.39. The molecule has 0 fully saturated rings. The number of hydrogen-bond acceptors (Lipinski definition) is 5. The number of carbonyl (C=O) groups excluding carboxylic acids is 1. The Bertz CT molecular complexity index is 548. The fourth-order valence-corrected chi connectivity index (χ4v) is 1.37. The molecule has 1 rings (SSSR count). The molecule has 7 nitrogen and oxygen atoms in total. The Kier molecular flexibility index (Phi) is 4.56. The van der Waals surface area contributed by atoms with Crippen LogP contribution in [0.3, 0.4) is 0 Å². The van der Waals surface area contributed by atoms with E-state index in [1.807, 2.05) is 0 Å². The van der Waals surface area contributed by atoms with Gasteiger partial charge in [0.25, 0.3) is 5.69 Å². The minimum atomic E-state index is -0.707. The number of nitrogens with one attached hydrogen (secondary N) is 1. The highest BCUT2D eigenvalue weighted by molar-refractivity contribution is 5.96. The maximum Gasteiger partial charge on any atom is 0.270 e. The first-order valence-corrected chi connectivity index (χ1v) is 5.61. The monoisotopic (exact) mass is 262 g/mol. The topological polar surface area (TPSA) is 122 Å². The highest BCUT2D eigenvalue weighted by Crippen LogP contribution is 2.21. The Labute approximate surface area is 110 Å². The Morgan fingerprint density at radius 1 is 1.53 bits per heavy atom. The van der Waals surface area contributed by atoms with Crippen molar-refractivity contribution in [3.05, 3.63) is 33.9 Å². The lowest BCUT2D eigenvalue weighted by molar-refractivity contribution is -0.384. The minimum absolute atomic E-state index is 0.0264. The van der Waals surface area contributed by atoms with Gasteiger partial charge in [-0.1, -0.05) is 13.8 Å². The van der Waals surface area contributed by atoms with E-state index in [4.69, 9.17) is 11.0 Å². The zero-order chi connectivity index (χ0) is 14.6. The number of hydrogen-bond donors (Lipinski definition) is 2. The van der Waals surface area contributed by atoms with Crippen LogP contribution in [0, 0.1) is 27.4 Å². The van der Waals surface area contributed by atoms with Crippen LogP contribution < -0.4 is 11.1 Å². The summed E-state index contributed by atoms with van der Waals surface area (Å²) in [7, 11) is 0. The molecule has 0 spiro atoms. The van der Waals surface area contributed by atoms with Crippen LogP contribution in [0.4, 0.5) is 11.4 Å². The summed E-state index contributed by atoms with van der Waals surface area (Å²) in [5, 5.41) is 22.0. The number of rotatable bonds is 4. The lowest BCUT2D eigenvalue weighted by atomic mass is 10.0. The summed E-state index contributed by atoms with van der Waals surface area (Å²) in [4.78, 5) is 21.7. The number of nitrogens with two attached hydrogens (primary N) is 1. The SMILES string of the molecule is CC(C)[C@H](N)C(=O)Nc1ccc([N+](=O)[O-])cc1C#N. The van der Waals surface area contributed by atoms with Crippen LogP contribution >= 0.6 is 0 Å². The molecule has 0 aliphatic carbocycles. The highest BCUT2D eigenvalue weighted by Gasteiger charge is 2.19. The molecule has 0 aliphatic rings. The standard InChI is InChI=1S/C12H14N4O3/c1-7(2)11(14)12(17)15-10-4-3-9(16(18)19)5-8(10)6-13/h3-5,7,11H,14H2,1-2H3,(H,15,17)/t11-/m0/s1. The van der Waals surface area contributed by atoms with Crippen LogP contribution in [0.1, 0.15) is 19.4 Å². The molecule has 0 bridgehead atoms. The molecule has 0 aliphatic heterocycles. The van der Waals surface area contributed by atoms with Gasteiger partial charge in [0.05, 0.1) is 22.2 Å². The maximum absolute atomic E-state index is 11.8. The number of anilines is 1. The molecule has 1 aromatic carbocycles. The number of non-ortho nitro benzene ring substituents is 1. The number of carbonyl (C=O) groups is 1. The van der Waals surface area contributed by atoms with E-state index in [2.05, 4.69) is 5.32 Å². The van der Waals surface area contributed by atoms with Crippen LogP contribution in [-0.2, 0) is 4.79 Å². The third kappa shape index (κ3) is 3.50. The van der Waals surface area contributed by atoms with Gasteiger partial charge in [-0.2, -0.15) is 5.26 Å². The summed E-state index contributed by atoms with van der Waals surface area (Å²) in [6.07, 6.45) is 0. The van der Waals surface area contributed by atoms with Gasteiger partial charge in [-0.25, -0.2) is 0 Å². The van der Waals surface area contributed by atoms with Gasteiger partial charge in [0, 0.05) is 12.1 Å². The molecule has 0 aromatic heterocycles. The molecule has 1 atom stereocenters. The van der Waals surface area contributed by atoms with E-state index in [0.29, 0.717) is 0 Å². The molecule has 0 saturated heterocycles. The summed E-state index contributed by atoms with van der Waals surface area (Å²) >= 11 is 0. The lowest BCUT2D eigenvalue weighted by Gasteiger charge is -2.15. The second-order valence-corrected chi connectivity index (χ2v) is 4.36. The Balaban J connectivity index is 3.00. The van der Waals surface area contributed by atoms with E-state index in [1.165, 1.54) is 12.1 Å². The van der Waals surface area contributed by atoms with Crippen molar-refractivity contribution in [2.75, 3.05) is 5.32 Å². The van der Waals surface area contributed by atoms with Crippen molar-refractivity contribution >= 4 is 17.3 Å². The van der Waals surface area contributed by atoms with Gasteiger partial charge in [0.2, 0.25) is 5.91 Å². The zero-order valence-corrected chi connectivity index (χ0v) is 10.6. The predicted molar refractivity (Wildman–Crippen MR) is 69.3 cm³/mol. The molecule has 3 N–H and O–H groups in total. The van der Waals surface area contributed by atoms with Crippen LogP contribution in [0.5, 0.6) is 0 Å². The molecule has 0 saturated carbocycles. The average molecular weight is 262 g/mol. The molecular weight excluding hydrogens is 248 g/mol. The molecule has 1 aromatic rings. The number of nitro groups is 1. The average Bonchev–Trinajstić information content (AvgIpc) is 2.37. The van der Waals surface area contributed by atoms with Gasteiger partial charge in [-0.05, 0) is 12.0 Å². The molecule has 1 amide bonds. The highest BCUT2D eigenvalue weighted by atomic mass is 16.6. The van der Waals surface area contributed by atoms with Gasteiger partial charge in [0.1, 0.15) is 6.07 Å². The van der Waals surface area contributed by atoms with Crippen molar-refractivity contribution < 1.29 is 9.72 Å². The first kappa shape index (κ1) is 14.6. The van der Waals surface area contributed by atoms with E-state index in [9.17, 15) is 14.9 Å². The number of nitrogens with zero attached hydrogens (tertiary/aromatic N) is 2. The smallest absolute Gasteiger partial charge is 0.270 e. The third-order valence-electron chi connectivity index (χ3n) is 2.61. The quantitative estimate of drug-likeness (QED) is 0.627. The second kappa shape index (κ2) is 5.93. The summed E-state index contributed by atoms with van der Waals surface area (Å²) in [6, 6.07) is 4.75. The molecule has 100 valence electrons. The summed E-state index contributed by atoms with van der Waals surface area (Å²) in [5.74, 6) is -0.482. The first-order valence-electron chi connectivity index (χ1n) is 5.61. The summed E-state index contributed by atoms with van der Waals surface area (Å²) in [6.45, 7) is 3.59. The van der Waals surface area contributed by atoms with Crippen molar-refractivity contribution in [3.8, 4) is 6.07 Å². The van der Waals surface area contributed by atoms with E-state index in [-0.39, 0.29) is 22.9 Å². The van der Waals surface area contributed by atoms with E-state index in [1.54, 1.807) is 19.9 Å². The van der Waals surface area contributed by atoms with Crippen molar-refractivity contribution in [2.24, 2.45) is 11.7 Å². The van der Waals surface area contributed by atoms with Crippen LogP contribution in [-0.4, -0.2) is 16.9 Å². The lowest BCUT2D eigenvalue weighted by Crippen LogP contribution is -2.39. The van der Waals surface area contributed by atoms with Crippen LogP contribution in [0.25, 0.3) is 0 Å². The van der Waals surface area contributed by atoms with Gasteiger partial charge >= 0.3 is 0 Å². The Morgan fingerprint density at radius 2 is 2.16 bits per heavy atom. The number of nitriles is 1. The summed E-state index contributed by atoms with van der Waals surface area (Å²) < 4.78 is 0. The van der Waals surface area contributed by atoms with Gasteiger partial charge in [-0.15, -0.1) is 0 Å². The molecule has 19 heavy (non-hydrogen) atoms. The van der Waals surface area contributed by atoms with E-state index < -0.39 is 16.9 Å². The molecule has 0 radical (unpaired) electrons. The Hall–Kier alpha value is -2.46. The fourth-order valence-electron chi connectivity index (χ4n) is 1.37. The second-order valence-electron chi connectivity index (χ2n) is 4.36. The fraction of sp³-hybridized carbons (Fsp3) is 0.333. The van der Waals surface area contributed by atoms with Gasteiger partial charge in [0.15, 0.2) is 0 Å². The van der Waals surface area contributed by atoms with Gasteiger partial charge in [-0.3, -0.25) is 14.9 Å². The maximum atomic E-state index is 11.8. The molecule has 0 unspecified atom stereocenters. The normalized spacial score (nSPS) is 11.7. The van der Waals surface area contributed by atoms with Crippen LogP contribution in [0.15, 0.2) is 18.2 Å². The number of amides is 1. The van der Waals surface area contributed by atoms with Gasteiger partial charge < -0.3 is 11.1 Å². The van der Waals surface area contributed by atoms with Crippen molar-refractivity contribution in [3.63, 3.8) is 0 Å². The molecule has 0 heterocycles.